The van der Waals surface area contributed by atoms with Crippen molar-refractivity contribution in [2.45, 2.75) is 39.0 Å². The van der Waals surface area contributed by atoms with Crippen molar-refractivity contribution in [3.63, 3.8) is 0 Å². The van der Waals surface area contributed by atoms with Crippen LogP contribution < -0.4 is 5.43 Å². The van der Waals surface area contributed by atoms with E-state index in [1.54, 1.807) is 18.1 Å². The zero-order valence-electron chi connectivity index (χ0n) is 15.7. The Hall–Kier alpha value is -2.48. The number of aliphatic hydroxyl groups excluding tert-OH is 2. The van der Waals surface area contributed by atoms with Gasteiger partial charge in [-0.25, -0.2) is 9.80 Å². The van der Waals surface area contributed by atoms with E-state index in [0.29, 0.717) is 13.0 Å². The Balaban J connectivity index is 2.04. The second kappa shape index (κ2) is 10.6. The lowest BCUT2D eigenvalue weighted by atomic mass is 10.1. The van der Waals surface area contributed by atoms with E-state index in [9.17, 15) is 9.90 Å². The van der Waals surface area contributed by atoms with Gasteiger partial charge in [0, 0.05) is 24.8 Å². The third-order valence-corrected chi connectivity index (χ3v) is 4.01. The molecule has 3 N–H and O–H groups in total. The molecule has 1 aromatic carbocycles. The number of benzene rings is 1. The molecular formula is C20H27N3O4. The molecule has 2 unspecified atom stereocenters. The Bertz CT molecular complexity index is 694. The topological polar surface area (TPSA) is 94.9 Å². The summed E-state index contributed by atoms with van der Waals surface area (Å²) in [7, 11) is 0. The predicted molar refractivity (Wildman–Crippen MR) is 103 cm³/mol. The maximum absolute atomic E-state index is 11.9. The number of hydrazine groups is 1. The highest BCUT2D eigenvalue weighted by Gasteiger charge is 2.16. The summed E-state index contributed by atoms with van der Waals surface area (Å²) in [5.41, 5.74) is 5.49. The van der Waals surface area contributed by atoms with Crippen LogP contribution in [0.2, 0.25) is 0 Å². The minimum Gasteiger partial charge on any atom is -0.443 e. The second-order valence-corrected chi connectivity index (χ2v) is 6.36. The predicted octanol–water partition coefficient (Wildman–Crippen LogP) is 2.34. The van der Waals surface area contributed by atoms with Crippen LogP contribution in [0.5, 0.6) is 0 Å². The summed E-state index contributed by atoms with van der Waals surface area (Å²) in [6.45, 7) is 3.89. The molecule has 0 aliphatic rings. The standard InChI is InChI=1S/C20H27N3O4/c1-3-18(25)13-23(22-20(26)27-15(2)14-24)12-16-7-9-17(10-8-16)19-6-4-5-11-21-19/h4-11,15,18,24-25H,3,12-14H2,1-2H3,(H,22,26). The Morgan fingerprint density at radius 1 is 1.26 bits per heavy atom. The number of nitrogens with zero attached hydrogens (tertiary/aromatic N) is 2. The molecule has 7 heteroatoms. The molecule has 2 aromatic rings. The average Bonchev–Trinajstić information content (AvgIpc) is 2.68. The summed E-state index contributed by atoms with van der Waals surface area (Å²) in [6.07, 6.45) is 0.484. The number of aliphatic hydroxyl groups is 2. The van der Waals surface area contributed by atoms with Crippen LogP contribution in [0.1, 0.15) is 25.8 Å². The molecule has 0 saturated carbocycles. The van der Waals surface area contributed by atoms with E-state index in [2.05, 4.69) is 10.4 Å². The van der Waals surface area contributed by atoms with Crippen LogP contribution in [0.3, 0.4) is 0 Å². The minimum atomic E-state index is -0.662. The van der Waals surface area contributed by atoms with Crippen LogP contribution in [0.25, 0.3) is 11.3 Å². The van der Waals surface area contributed by atoms with Crippen molar-refractivity contribution in [3.8, 4) is 11.3 Å². The SMILES string of the molecule is CCC(O)CN(Cc1ccc(-c2ccccn2)cc1)NC(=O)OC(C)CO. The van der Waals surface area contributed by atoms with Gasteiger partial charge in [-0.1, -0.05) is 37.3 Å². The first-order valence-electron chi connectivity index (χ1n) is 9.03. The van der Waals surface area contributed by atoms with Crippen molar-refractivity contribution in [2.75, 3.05) is 13.2 Å². The highest BCUT2D eigenvalue weighted by Crippen LogP contribution is 2.17. The van der Waals surface area contributed by atoms with E-state index in [4.69, 9.17) is 9.84 Å². The van der Waals surface area contributed by atoms with E-state index in [1.807, 2.05) is 49.4 Å². The summed E-state index contributed by atoms with van der Waals surface area (Å²) in [5.74, 6) is 0. The zero-order chi connectivity index (χ0) is 19.6. The summed E-state index contributed by atoms with van der Waals surface area (Å²) in [4.78, 5) is 16.3. The molecule has 0 spiro atoms. The van der Waals surface area contributed by atoms with E-state index >= 15 is 0 Å². The average molecular weight is 373 g/mol. The van der Waals surface area contributed by atoms with Crippen molar-refractivity contribution in [1.82, 2.24) is 15.4 Å². The Labute approximate surface area is 159 Å². The number of carbonyl (C=O) groups is 1. The largest absolute Gasteiger partial charge is 0.443 e. The number of rotatable bonds is 9. The summed E-state index contributed by atoms with van der Waals surface area (Å²) in [6, 6.07) is 13.6. The van der Waals surface area contributed by atoms with Crippen molar-refractivity contribution in [1.29, 1.82) is 0 Å². The number of pyridine rings is 1. The molecule has 0 fully saturated rings. The monoisotopic (exact) mass is 373 g/mol. The molecular weight excluding hydrogens is 346 g/mol. The van der Waals surface area contributed by atoms with Gasteiger partial charge in [0.05, 0.1) is 18.4 Å². The number of aromatic nitrogens is 1. The lowest BCUT2D eigenvalue weighted by Gasteiger charge is -2.25. The highest BCUT2D eigenvalue weighted by molar-refractivity contribution is 5.66. The molecule has 1 heterocycles. The minimum absolute atomic E-state index is 0.250. The van der Waals surface area contributed by atoms with Crippen LogP contribution in [-0.2, 0) is 11.3 Å². The molecule has 1 amide bonds. The smallest absolute Gasteiger partial charge is 0.422 e. The van der Waals surface area contributed by atoms with Crippen LogP contribution >= 0.6 is 0 Å². The van der Waals surface area contributed by atoms with Crippen molar-refractivity contribution in [2.24, 2.45) is 0 Å². The molecule has 2 rings (SSSR count). The Morgan fingerprint density at radius 3 is 2.59 bits per heavy atom. The third kappa shape index (κ3) is 6.97. The maximum atomic E-state index is 11.9. The van der Waals surface area contributed by atoms with Gasteiger partial charge in [0.2, 0.25) is 0 Å². The third-order valence-electron chi connectivity index (χ3n) is 4.01. The number of carbonyl (C=O) groups excluding carboxylic acids is 1. The molecule has 27 heavy (non-hydrogen) atoms. The Morgan fingerprint density at radius 2 is 2.00 bits per heavy atom. The number of amides is 1. The lowest BCUT2D eigenvalue weighted by Crippen LogP contribution is -2.46. The molecule has 1 aromatic heterocycles. The molecule has 2 atom stereocenters. The first kappa shape index (κ1) is 20.8. The molecule has 0 aliphatic carbocycles. The van der Waals surface area contributed by atoms with E-state index < -0.39 is 18.3 Å². The van der Waals surface area contributed by atoms with Crippen molar-refractivity contribution < 1.29 is 19.7 Å². The summed E-state index contributed by atoms with van der Waals surface area (Å²) < 4.78 is 5.03. The molecule has 0 aliphatic heterocycles. The zero-order valence-corrected chi connectivity index (χ0v) is 15.7. The molecule has 0 saturated heterocycles. The van der Waals surface area contributed by atoms with Gasteiger partial charge in [-0.05, 0) is 31.0 Å². The first-order valence-corrected chi connectivity index (χ1v) is 9.03. The van der Waals surface area contributed by atoms with E-state index in [-0.39, 0.29) is 13.2 Å². The summed E-state index contributed by atoms with van der Waals surface area (Å²) in [5, 5.41) is 20.6. The number of hydrogen-bond acceptors (Lipinski definition) is 6. The van der Waals surface area contributed by atoms with Crippen LogP contribution in [-0.4, -0.2) is 51.7 Å². The fourth-order valence-corrected chi connectivity index (χ4v) is 2.44. The van der Waals surface area contributed by atoms with Gasteiger partial charge < -0.3 is 14.9 Å². The van der Waals surface area contributed by atoms with Gasteiger partial charge in [0.15, 0.2) is 0 Å². The highest BCUT2D eigenvalue weighted by atomic mass is 16.6. The quantitative estimate of drug-likeness (QED) is 0.584. The fourth-order valence-electron chi connectivity index (χ4n) is 2.44. The van der Waals surface area contributed by atoms with E-state index in [1.165, 1.54) is 0 Å². The fraction of sp³-hybridized carbons (Fsp3) is 0.400. The lowest BCUT2D eigenvalue weighted by molar-refractivity contribution is 0.0327. The van der Waals surface area contributed by atoms with Gasteiger partial charge in [-0.2, -0.15) is 0 Å². The van der Waals surface area contributed by atoms with Gasteiger partial charge in [0.25, 0.3) is 0 Å². The number of nitrogens with one attached hydrogen (secondary N) is 1. The molecule has 7 nitrogen and oxygen atoms in total. The van der Waals surface area contributed by atoms with Crippen LogP contribution in [0, 0.1) is 0 Å². The van der Waals surface area contributed by atoms with Crippen LogP contribution in [0.15, 0.2) is 48.7 Å². The second-order valence-electron chi connectivity index (χ2n) is 6.36. The van der Waals surface area contributed by atoms with Gasteiger partial charge in [0.1, 0.15) is 6.10 Å². The number of ether oxygens (including phenoxy) is 1. The Kier molecular flexibility index (Phi) is 8.19. The maximum Gasteiger partial charge on any atom is 0.422 e. The van der Waals surface area contributed by atoms with Gasteiger partial charge in [-0.15, -0.1) is 0 Å². The van der Waals surface area contributed by atoms with Gasteiger partial charge >= 0.3 is 6.09 Å². The van der Waals surface area contributed by atoms with Crippen molar-refractivity contribution >= 4 is 6.09 Å². The van der Waals surface area contributed by atoms with Crippen molar-refractivity contribution in [3.05, 3.63) is 54.2 Å². The normalized spacial score (nSPS) is 13.2. The summed E-state index contributed by atoms with van der Waals surface area (Å²) >= 11 is 0. The first-order chi connectivity index (χ1) is 13.0. The van der Waals surface area contributed by atoms with E-state index in [0.717, 1.165) is 16.8 Å². The molecule has 0 radical (unpaired) electrons. The molecule has 0 bridgehead atoms. The number of hydrogen-bond donors (Lipinski definition) is 3. The molecule has 146 valence electrons. The van der Waals surface area contributed by atoms with Crippen LogP contribution in [0.4, 0.5) is 4.79 Å². The van der Waals surface area contributed by atoms with Gasteiger partial charge in [-0.3, -0.25) is 10.4 Å².